The fourth-order valence-corrected chi connectivity index (χ4v) is 3.66. The summed E-state index contributed by atoms with van der Waals surface area (Å²) in [5.41, 5.74) is 22.5. The van der Waals surface area contributed by atoms with Gasteiger partial charge in [0.15, 0.2) is 0 Å². The number of aromatic nitrogens is 3. The smallest absolute Gasteiger partial charge is 0.250 e. The number of benzene rings is 2. The van der Waals surface area contributed by atoms with Gasteiger partial charge in [-0.1, -0.05) is 29.5 Å². The number of nitrogens with zero attached hydrogens (tertiary/aromatic N) is 2. The summed E-state index contributed by atoms with van der Waals surface area (Å²) < 4.78 is 5.36. The molecule has 0 aliphatic rings. The third-order valence-corrected chi connectivity index (χ3v) is 5.41. The first-order valence-electron chi connectivity index (χ1n) is 10.1. The highest BCUT2D eigenvalue weighted by Gasteiger charge is 2.19. The fourth-order valence-electron chi connectivity index (χ4n) is 3.49. The van der Waals surface area contributed by atoms with Gasteiger partial charge in [0.1, 0.15) is 11.4 Å². The molecule has 2 heterocycles. The van der Waals surface area contributed by atoms with Gasteiger partial charge in [-0.3, -0.25) is 4.79 Å². The highest BCUT2D eigenvalue weighted by atomic mass is 35.5. The number of halogens is 1. The van der Waals surface area contributed by atoms with E-state index in [1.165, 1.54) is 6.20 Å². The van der Waals surface area contributed by atoms with E-state index < -0.39 is 5.91 Å². The Hall–Kier alpha value is -4.48. The van der Waals surface area contributed by atoms with Gasteiger partial charge in [0.05, 0.1) is 35.2 Å². The van der Waals surface area contributed by atoms with Crippen LogP contribution < -0.4 is 21.9 Å². The quantitative estimate of drug-likeness (QED) is 0.262. The number of ether oxygens (including phenoxy) is 1. The zero-order valence-electron chi connectivity index (χ0n) is 18.4. The Bertz CT molecular complexity index is 1480. The molecule has 0 aliphatic carbocycles. The molecule has 4 aromatic rings. The SMILES string of the molecule is COc1cc(N)ccc1C#Cc1cnc(N)nc1-c1cc(C(N)=O)c(-c2cc(Cl)ccc2C)[nH]1. The van der Waals surface area contributed by atoms with E-state index in [4.69, 9.17) is 33.5 Å². The van der Waals surface area contributed by atoms with E-state index in [2.05, 4.69) is 26.8 Å². The highest BCUT2D eigenvalue weighted by Crippen LogP contribution is 2.33. The second-order valence-electron chi connectivity index (χ2n) is 7.50. The van der Waals surface area contributed by atoms with Crippen LogP contribution in [0, 0.1) is 18.8 Å². The Labute approximate surface area is 201 Å². The van der Waals surface area contributed by atoms with Crippen LogP contribution in [-0.2, 0) is 0 Å². The van der Waals surface area contributed by atoms with Crippen LogP contribution in [0.25, 0.3) is 22.6 Å². The molecule has 34 heavy (non-hydrogen) atoms. The maximum Gasteiger partial charge on any atom is 0.250 e. The van der Waals surface area contributed by atoms with Gasteiger partial charge in [-0.05, 0) is 42.8 Å². The number of rotatable bonds is 4. The number of amides is 1. The number of aromatic amines is 1. The minimum absolute atomic E-state index is 0.0568. The van der Waals surface area contributed by atoms with Crippen LogP contribution >= 0.6 is 11.6 Å². The monoisotopic (exact) mass is 472 g/mol. The fraction of sp³-hybridized carbons (Fsp3) is 0.0800. The molecule has 2 aromatic heterocycles. The summed E-state index contributed by atoms with van der Waals surface area (Å²) in [5.74, 6) is 6.11. The molecule has 4 rings (SSSR count). The highest BCUT2D eigenvalue weighted by molar-refractivity contribution is 6.31. The van der Waals surface area contributed by atoms with Crippen molar-refractivity contribution in [3.05, 3.63) is 75.9 Å². The van der Waals surface area contributed by atoms with Gasteiger partial charge in [-0.2, -0.15) is 0 Å². The van der Waals surface area contributed by atoms with Crippen LogP contribution in [0.15, 0.2) is 48.7 Å². The molecule has 7 N–H and O–H groups in total. The zero-order chi connectivity index (χ0) is 24.4. The number of hydrogen-bond donors (Lipinski definition) is 4. The van der Waals surface area contributed by atoms with Gasteiger partial charge in [-0.25, -0.2) is 9.97 Å². The van der Waals surface area contributed by atoms with Crippen LogP contribution in [0.2, 0.25) is 5.02 Å². The molecule has 2 aromatic carbocycles. The minimum Gasteiger partial charge on any atom is -0.495 e. The molecule has 0 spiro atoms. The number of nitrogens with one attached hydrogen (secondary N) is 1. The van der Waals surface area contributed by atoms with E-state index in [1.54, 1.807) is 43.5 Å². The first-order chi connectivity index (χ1) is 16.3. The van der Waals surface area contributed by atoms with Crippen molar-refractivity contribution in [3.8, 4) is 40.2 Å². The second kappa shape index (κ2) is 9.17. The lowest BCUT2D eigenvalue weighted by molar-refractivity contribution is 0.100. The van der Waals surface area contributed by atoms with E-state index in [-0.39, 0.29) is 11.5 Å². The molecule has 0 aliphatic heterocycles. The summed E-state index contributed by atoms with van der Waals surface area (Å²) in [7, 11) is 1.54. The van der Waals surface area contributed by atoms with Crippen molar-refractivity contribution in [1.82, 2.24) is 15.0 Å². The molecule has 9 heteroatoms. The Morgan fingerprint density at radius 1 is 1.09 bits per heavy atom. The van der Waals surface area contributed by atoms with E-state index in [0.29, 0.717) is 44.7 Å². The molecular weight excluding hydrogens is 452 g/mol. The van der Waals surface area contributed by atoms with Crippen LogP contribution in [0.3, 0.4) is 0 Å². The molecule has 170 valence electrons. The first kappa shape index (κ1) is 22.7. The number of hydrogen-bond acceptors (Lipinski definition) is 6. The third-order valence-electron chi connectivity index (χ3n) is 5.17. The van der Waals surface area contributed by atoms with Gasteiger partial charge in [-0.15, -0.1) is 0 Å². The Morgan fingerprint density at radius 3 is 2.59 bits per heavy atom. The van der Waals surface area contributed by atoms with E-state index in [9.17, 15) is 4.79 Å². The molecular formula is C25H21ClN6O2. The molecule has 0 atom stereocenters. The first-order valence-corrected chi connectivity index (χ1v) is 10.5. The lowest BCUT2D eigenvalue weighted by Gasteiger charge is -2.07. The predicted molar refractivity (Wildman–Crippen MR) is 133 cm³/mol. The maximum absolute atomic E-state index is 12.3. The Morgan fingerprint density at radius 2 is 1.85 bits per heavy atom. The molecule has 0 bridgehead atoms. The number of carbonyl (C=O) groups excluding carboxylic acids is 1. The molecule has 0 fully saturated rings. The normalized spacial score (nSPS) is 10.4. The topological polar surface area (TPSA) is 146 Å². The van der Waals surface area contributed by atoms with Gasteiger partial charge in [0.25, 0.3) is 5.91 Å². The lowest BCUT2D eigenvalue weighted by Crippen LogP contribution is -2.11. The Kier molecular flexibility index (Phi) is 6.13. The average molecular weight is 473 g/mol. The van der Waals surface area contributed by atoms with Crippen molar-refractivity contribution in [2.45, 2.75) is 6.92 Å². The maximum atomic E-state index is 12.3. The number of carbonyl (C=O) groups is 1. The Balaban J connectivity index is 1.87. The summed E-state index contributed by atoms with van der Waals surface area (Å²) in [6, 6.07) is 12.2. The van der Waals surface area contributed by atoms with Gasteiger partial charge in [0.2, 0.25) is 5.95 Å². The van der Waals surface area contributed by atoms with Crippen molar-refractivity contribution in [2.75, 3.05) is 18.6 Å². The van der Waals surface area contributed by atoms with Crippen molar-refractivity contribution < 1.29 is 9.53 Å². The van der Waals surface area contributed by atoms with Crippen molar-refractivity contribution in [2.24, 2.45) is 5.73 Å². The van der Waals surface area contributed by atoms with Gasteiger partial charge >= 0.3 is 0 Å². The van der Waals surface area contributed by atoms with E-state index >= 15 is 0 Å². The number of H-pyrrole nitrogens is 1. The molecule has 0 radical (unpaired) electrons. The number of aryl methyl sites for hydroxylation is 1. The van der Waals surface area contributed by atoms with Crippen molar-refractivity contribution in [1.29, 1.82) is 0 Å². The molecule has 0 unspecified atom stereocenters. The molecule has 8 nitrogen and oxygen atoms in total. The zero-order valence-corrected chi connectivity index (χ0v) is 19.2. The molecule has 0 saturated carbocycles. The van der Waals surface area contributed by atoms with Crippen LogP contribution in [0.5, 0.6) is 5.75 Å². The van der Waals surface area contributed by atoms with Crippen molar-refractivity contribution in [3.63, 3.8) is 0 Å². The summed E-state index contributed by atoms with van der Waals surface area (Å²) in [5, 5.41) is 0.530. The standard InChI is InChI=1S/C25H21ClN6O2/c1-13-3-7-16(26)9-18(13)23-19(24(28)33)11-20(31-23)22-15(12-30-25(29)32-22)5-4-14-6-8-17(27)10-21(14)34-2/h3,6-12,31H,27H2,1-2H3,(H2,28,33)(H2,29,30,32). The average Bonchev–Trinajstić information content (AvgIpc) is 3.26. The molecule has 1 amide bonds. The van der Waals surface area contributed by atoms with Gasteiger partial charge < -0.3 is 26.9 Å². The minimum atomic E-state index is -0.599. The summed E-state index contributed by atoms with van der Waals surface area (Å²) in [6.45, 7) is 1.91. The van der Waals surface area contributed by atoms with Crippen LogP contribution in [0.4, 0.5) is 11.6 Å². The summed E-state index contributed by atoms with van der Waals surface area (Å²) in [4.78, 5) is 23.9. The predicted octanol–water partition coefficient (Wildman–Crippen LogP) is 3.77. The number of nitrogens with two attached hydrogens (primary N) is 3. The molecule has 0 saturated heterocycles. The number of nitrogen functional groups attached to an aromatic ring is 2. The number of anilines is 2. The summed E-state index contributed by atoms with van der Waals surface area (Å²) in [6.07, 6.45) is 1.52. The van der Waals surface area contributed by atoms with E-state index in [1.807, 2.05) is 13.0 Å². The largest absolute Gasteiger partial charge is 0.495 e. The number of primary amides is 1. The summed E-state index contributed by atoms with van der Waals surface area (Å²) >= 11 is 6.20. The lowest BCUT2D eigenvalue weighted by atomic mass is 10.0. The third kappa shape index (κ3) is 4.51. The number of methoxy groups -OCH3 is 1. The van der Waals surface area contributed by atoms with Crippen LogP contribution in [-0.4, -0.2) is 28.0 Å². The van der Waals surface area contributed by atoms with Gasteiger partial charge in [0, 0.05) is 28.5 Å². The second-order valence-corrected chi connectivity index (χ2v) is 7.93. The van der Waals surface area contributed by atoms with Crippen molar-refractivity contribution >= 4 is 29.1 Å². The van der Waals surface area contributed by atoms with E-state index in [0.717, 1.165) is 11.1 Å². The van der Waals surface area contributed by atoms with Crippen LogP contribution in [0.1, 0.15) is 27.0 Å².